The fourth-order valence-electron chi connectivity index (χ4n) is 2.63. The lowest BCUT2D eigenvalue weighted by Crippen LogP contribution is -2.40. The molecule has 3 heteroatoms. The largest absolute Gasteiger partial charge is 0.325 e. The lowest BCUT2D eigenvalue weighted by atomic mass is 9.93. The Bertz CT molecular complexity index is 469. The molecule has 2 nitrogen and oxygen atoms in total. The molecule has 1 aliphatic rings. The zero-order chi connectivity index (χ0) is 13.7. The molecule has 0 aromatic heterocycles. The number of amides is 1. The standard InChI is InChI=1S/C16H18FNO/c1-2-16(19)18(15-6-4-3-5-7-15)12-13-8-10-14(17)11-9-13/h1,8-11,15H,3-7,12H2. The molecule has 0 unspecified atom stereocenters. The van der Waals surface area contributed by atoms with Crippen molar-refractivity contribution >= 4 is 5.91 Å². The number of nitrogens with zero attached hydrogens (tertiary/aromatic N) is 1. The molecule has 0 heterocycles. The van der Waals surface area contributed by atoms with Gasteiger partial charge in [-0.25, -0.2) is 4.39 Å². The lowest BCUT2D eigenvalue weighted by Gasteiger charge is -2.33. The molecule has 0 radical (unpaired) electrons. The van der Waals surface area contributed by atoms with E-state index in [1.165, 1.54) is 18.6 Å². The van der Waals surface area contributed by atoms with Gasteiger partial charge >= 0.3 is 0 Å². The van der Waals surface area contributed by atoms with Gasteiger partial charge in [0.25, 0.3) is 5.91 Å². The Morgan fingerprint density at radius 2 is 1.89 bits per heavy atom. The Morgan fingerprint density at radius 1 is 1.26 bits per heavy atom. The number of terminal acetylenes is 1. The molecular weight excluding hydrogens is 241 g/mol. The summed E-state index contributed by atoms with van der Waals surface area (Å²) in [6.07, 6.45) is 10.8. The molecule has 1 amide bonds. The summed E-state index contributed by atoms with van der Waals surface area (Å²) in [7, 11) is 0. The van der Waals surface area contributed by atoms with Gasteiger partial charge < -0.3 is 4.90 Å². The van der Waals surface area contributed by atoms with Crippen LogP contribution in [-0.4, -0.2) is 16.8 Å². The van der Waals surface area contributed by atoms with Crippen LogP contribution in [0.15, 0.2) is 24.3 Å². The first kappa shape index (κ1) is 13.6. The molecule has 1 fully saturated rings. The van der Waals surface area contributed by atoms with Gasteiger partial charge in [0.2, 0.25) is 0 Å². The molecule has 0 atom stereocenters. The fourth-order valence-corrected chi connectivity index (χ4v) is 2.63. The van der Waals surface area contributed by atoms with Gasteiger partial charge in [0.05, 0.1) is 0 Å². The van der Waals surface area contributed by atoms with E-state index in [0.717, 1.165) is 31.2 Å². The molecule has 1 saturated carbocycles. The molecule has 2 rings (SSSR count). The highest BCUT2D eigenvalue weighted by atomic mass is 19.1. The molecule has 1 aromatic carbocycles. The molecular formula is C16H18FNO. The zero-order valence-corrected chi connectivity index (χ0v) is 10.9. The highest BCUT2D eigenvalue weighted by Gasteiger charge is 2.24. The number of benzene rings is 1. The van der Waals surface area contributed by atoms with Gasteiger partial charge in [-0.2, -0.15) is 0 Å². The molecule has 1 aliphatic carbocycles. The Balaban J connectivity index is 2.11. The predicted octanol–water partition coefficient (Wildman–Crippen LogP) is 3.12. The summed E-state index contributed by atoms with van der Waals surface area (Å²) in [6.45, 7) is 0.466. The van der Waals surface area contributed by atoms with Crippen LogP contribution >= 0.6 is 0 Å². The third-order valence-corrected chi connectivity index (χ3v) is 3.67. The molecule has 100 valence electrons. The normalized spacial score (nSPS) is 15.8. The minimum Gasteiger partial charge on any atom is -0.325 e. The highest BCUT2D eigenvalue weighted by Crippen LogP contribution is 2.24. The average molecular weight is 259 g/mol. The fraction of sp³-hybridized carbons (Fsp3) is 0.438. The summed E-state index contributed by atoms with van der Waals surface area (Å²) in [5, 5.41) is 0. The third-order valence-electron chi connectivity index (χ3n) is 3.67. The maximum Gasteiger partial charge on any atom is 0.298 e. The number of carbonyl (C=O) groups is 1. The van der Waals surface area contributed by atoms with Crippen molar-refractivity contribution in [2.75, 3.05) is 0 Å². The predicted molar refractivity (Wildman–Crippen MR) is 72.7 cm³/mol. The van der Waals surface area contributed by atoms with E-state index in [-0.39, 0.29) is 17.8 Å². The van der Waals surface area contributed by atoms with E-state index in [1.807, 2.05) is 0 Å². The lowest BCUT2D eigenvalue weighted by molar-refractivity contribution is -0.128. The quantitative estimate of drug-likeness (QED) is 0.764. The number of hydrogen-bond donors (Lipinski definition) is 0. The monoisotopic (exact) mass is 259 g/mol. The zero-order valence-electron chi connectivity index (χ0n) is 10.9. The second kappa shape index (κ2) is 6.38. The SMILES string of the molecule is C#CC(=O)N(Cc1ccc(F)cc1)C1CCCCC1. The molecule has 0 aliphatic heterocycles. The first-order valence-electron chi connectivity index (χ1n) is 6.72. The number of rotatable bonds is 3. The van der Waals surface area contributed by atoms with Gasteiger partial charge in [0.15, 0.2) is 0 Å². The van der Waals surface area contributed by atoms with Crippen molar-refractivity contribution in [1.82, 2.24) is 4.90 Å². The van der Waals surface area contributed by atoms with Gasteiger partial charge in [-0.1, -0.05) is 31.4 Å². The summed E-state index contributed by atoms with van der Waals surface area (Å²) < 4.78 is 12.9. The van der Waals surface area contributed by atoms with Crippen LogP contribution in [0.4, 0.5) is 4.39 Å². The molecule has 0 saturated heterocycles. The Kier molecular flexibility index (Phi) is 4.57. The van der Waals surface area contributed by atoms with E-state index in [2.05, 4.69) is 5.92 Å². The summed E-state index contributed by atoms with van der Waals surface area (Å²) in [5.41, 5.74) is 0.913. The molecule has 1 aromatic rings. The number of carbonyl (C=O) groups excluding carboxylic acids is 1. The Labute approximate surface area is 113 Å². The van der Waals surface area contributed by atoms with Crippen LogP contribution < -0.4 is 0 Å². The van der Waals surface area contributed by atoms with E-state index in [1.54, 1.807) is 17.0 Å². The maximum absolute atomic E-state index is 12.9. The van der Waals surface area contributed by atoms with Crippen molar-refractivity contribution in [3.05, 3.63) is 35.6 Å². The Morgan fingerprint density at radius 3 is 2.47 bits per heavy atom. The van der Waals surface area contributed by atoms with Crippen molar-refractivity contribution in [1.29, 1.82) is 0 Å². The van der Waals surface area contributed by atoms with Gasteiger partial charge in [-0.3, -0.25) is 4.79 Å². The first-order valence-corrected chi connectivity index (χ1v) is 6.72. The van der Waals surface area contributed by atoms with Crippen LogP contribution in [0, 0.1) is 18.2 Å². The Hall–Kier alpha value is -1.82. The highest BCUT2D eigenvalue weighted by molar-refractivity contribution is 5.93. The topological polar surface area (TPSA) is 20.3 Å². The molecule has 19 heavy (non-hydrogen) atoms. The smallest absolute Gasteiger partial charge is 0.298 e. The van der Waals surface area contributed by atoms with Crippen LogP contribution in [0.5, 0.6) is 0 Å². The number of halogens is 1. The van der Waals surface area contributed by atoms with E-state index in [0.29, 0.717) is 6.54 Å². The maximum atomic E-state index is 12.9. The summed E-state index contributed by atoms with van der Waals surface area (Å²) >= 11 is 0. The van der Waals surface area contributed by atoms with Crippen LogP contribution in [0.1, 0.15) is 37.7 Å². The number of hydrogen-bond acceptors (Lipinski definition) is 1. The van der Waals surface area contributed by atoms with E-state index in [9.17, 15) is 9.18 Å². The van der Waals surface area contributed by atoms with Crippen molar-refractivity contribution in [2.45, 2.75) is 44.7 Å². The van der Waals surface area contributed by atoms with Crippen LogP contribution in [0.2, 0.25) is 0 Å². The van der Waals surface area contributed by atoms with Crippen molar-refractivity contribution in [2.24, 2.45) is 0 Å². The minimum atomic E-state index is -0.267. The summed E-state index contributed by atoms with van der Waals surface area (Å²) in [5.74, 6) is 1.67. The second-order valence-electron chi connectivity index (χ2n) is 5.00. The second-order valence-corrected chi connectivity index (χ2v) is 5.00. The van der Waals surface area contributed by atoms with E-state index in [4.69, 9.17) is 6.42 Å². The van der Waals surface area contributed by atoms with E-state index < -0.39 is 0 Å². The van der Waals surface area contributed by atoms with Gasteiger partial charge in [0, 0.05) is 12.6 Å². The van der Waals surface area contributed by atoms with Crippen LogP contribution in [-0.2, 0) is 11.3 Å². The van der Waals surface area contributed by atoms with Crippen molar-refractivity contribution in [3.63, 3.8) is 0 Å². The first-order chi connectivity index (χ1) is 9.20. The van der Waals surface area contributed by atoms with Crippen LogP contribution in [0.3, 0.4) is 0 Å². The van der Waals surface area contributed by atoms with Gasteiger partial charge in [-0.15, -0.1) is 6.42 Å². The molecule has 0 bridgehead atoms. The van der Waals surface area contributed by atoms with Crippen LogP contribution in [0.25, 0.3) is 0 Å². The van der Waals surface area contributed by atoms with E-state index >= 15 is 0 Å². The summed E-state index contributed by atoms with van der Waals surface area (Å²) in [4.78, 5) is 13.7. The molecule has 0 N–H and O–H groups in total. The molecule has 0 spiro atoms. The van der Waals surface area contributed by atoms with Gasteiger partial charge in [-0.05, 0) is 36.5 Å². The van der Waals surface area contributed by atoms with Crippen molar-refractivity contribution in [3.8, 4) is 12.3 Å². The van der Waals surface area contributed by atoms with Gasteiger partial charge in [0.1, 0.15) is 5.82 Å². The third kappa shape index (κ3) is 3.57. The van der Waals surface area contributed by atoms with Crippen molar-refractivity contribution < 1.29 is 9.18 Å². The minimum absolute atomic E-state index is 0.224. The summed E-state index contributed by atoms with van der Waals surface area (Å²) in [6, 6.07) is 6.45. The average Bonchev–Trinajstić information content (AvgIpc) is 2.47.